The summed E-state index contributed by atoms with van der Waals surface area (Å²) in [7, 11) is 0. The lowest BCUT2D eigenvalue weighted by atomic mass is 9.78. The van der Waals surface area contributed by atoms with Gasteiger partial charge in [0.2, 0.25) is 5.95 Å². The SMILES string of the molecule is NCCCNc1ncc2c(n1)-c1ccccc1C(c1ccccc1Cl)C2. The lowest BCUT2D eigenvalue weighted by molar-refractivity contribution is 0.780. The molecule has 0 fully saturated rings. The van der Waals surface area contributed by atoms with Crippen LogP contribution in [0.4, 0.5) is 5.95 Å². The molecule has 2 aromatic carbocycles. The summed E-state index contributed by atoms with van der Waals surface area (Å²) in [5.74, 6) is 0.871. The third kappa shape index (κ3) is 3.18. The third-order valence-corrected chi connectivity index (χ3v) is 5.17. The average Bonchev–Trinajstić information content (AvgIpc) is 2.68. The van der Waals surface area contributed by atoms with Crippen LogP contribution in [0.15, 0.2) is 54.7 Å². The van der Waals surface area contributed by atoms with Gasteiger partial charge in [-0.1, -0.05) is 54.1 Å². The first kappa shape index (κ1) is 17.0. The van der Waals surface area contributed by atoms with Crippen LogP contribution < -0.4 is 11.1 Å². The highest BCUT2D eigenvalue weighted by Crippen LogP contribution is 2.43. The number of halogens is 1. The maximum atomic E-state index is 6.50. The van der Waals surface area contributed by atoms with E-state index in [-0.39, 0.29) is 5.92 Å². The molecule has 1 aliphatic carbocycles. The summed E-state index contributed by atoms with van der Waals surface area (Å²) < 4.78 is 0. The molecule has 132 valence electrons. The number of fused-ring (bicyclic) bond motifs is 3. The van der Waals surface area contributed by atoms with Crippen molar-refractivity contribution in [2.75, 3.05) is 18.4 Å². The van der Waals surface area contributed by atoms with E-state index in [1.165, 1.54) is 5.56 Å². The summed E-state index contributed by atoms with van der Waals surface area (Å²) >= 11 is 6.50. The van der Waals surface area contributed by atoms with Crippen molar-refractivity contribution in [1.82, 2.24) is 9.97 Å². The van der Waals surface area contributed by atoms with E-state index in [4.69, 9.17) is 22.3 Å². The molecule has 1 unspecified atom stereocenters. The van der Waals surface area contributed by atoms with E-state index in [1.807, 2.05) is 24.4 Å². The summed E-state index contributed by atoms with van der Waals surface area (Å²) in [6, 6.07) is 16.5. The number of rotatable bonds is 5. The number of nitrogens with zero attached hydrogens (tertiary/aromatic N) is 2. The van der Waals surface area contributed by atoms with Crippen molar-refractivity contribution < 1.29 is 0 Å². The van der Waals surface area contributed by atoms with Gasteiger partial charge in [-0.05, 0) is 42.1 Å². The predicted molar refractivity (Wildman–Crippen MR) is 107 cm³/mol. The molecular formula is C21H21ClN4. The minimum Gasteiger partial charge on any atom is -0.354 e. The van der Waals surface area contributed by atoms with Crippen LogP contribution in [0, 0.1) is 0 Å². The van der Waals surface area contributed by atoms with Crippen molar-refractivity contribution in [1.29, 1.82) is 0 Å². The molecule has 0 spiro atoms. The van der Waals surface area contributed by atoms with Gasteiger partial charge in [-0.25, -0.2) is 9.97 Å². The second-order valence-electron chi connectivity index (χ2n) is 6.50. The van der Waals surface area contributed by atoms with Crippen molar-refractivity contribution >= 4 is 17.5 Å². The predicted octanol–water partition coefficient (Wildman–Crippen LogP) is 4.25. The van der Waals surface area contributed by atoms with Gasteiger partial charge >= 0.3 is 0 Å². The Morgan fingerprint density at radius 2 is 1.85 bits per heavy atom. The molecule has 1 aromatic heterocycles. The molecule has 3 N–H and O–H groups in total. The first-order chi connectivity index (χ1) is 12.8. The summed E-state index contributed by atoms with van der Waals surface area (Å²) in [5.41, 5.74) is 11.3. The van der Waals surface area contributed by atoms with Crippen molar-refractivity contribution in [3.8, 4) is 11.3 Å². The van der Waals surface area contributed by atoms with Crippen LogP contribution in [-0.2, 0) is 6.42 Å². The standard InChI is InChI=1S/C21H21ClN4/c22-19-9-4-3-7-16(19)18-12-14-13-25-21(24-11-5-10-23)26-20(14)17-8-2-1-6-15(17)18/h1-4,6-9,13,18H,5,10-12,23H2,(H,24,25,26). The van der Waals surface area contributed by atoms with E-state index in [0.29, 0.717) is 12.5 Å². The molecule has 0 saturated heterocycles. The maximum Gasteiger partial charge on any atom is 0.223 e. The Kier molecular flexibility index (Phi) is 4.87. The van der Waals surface area contributed by atoms with Crippen molar-refractivity contribution in [2.24, 2.45) is 5.73 Å². The summed E-state index contributed by atoms with van der Waals surface area (Å²) in [5, 5.41) is 4.06. The van der Waals surface area contributed by atoms with Crippen LogP contribution in [0.1, 0.15) is 29.0 Å². The molecule has 0 saturated carbocycles. The highest BCUT2D eigenvalue weighted by Gasteiger charge is 2.28. The molecule has 1 atom stereocenters. The van der Waals surface area contributed by atoms with Gasteiger partial charge in [0.05, 0.1) is 5.69 Å². The first-order valence-electron chi connectivity index (χ1n) is 8.91. The van der Waals surface area contributed by atoms with Crippen molar-refractivity contribution in [3.05, 3.63) is 76.4 Å². The van der Waals surface area contributed by atoms with E-state index in [2.05, 4.69) is 40.6 Å². The molecule has 4 rings (SSSR count). The lowest BCUT2D eigenvalue weighted by Gasteiger charge is -2.28. The first-order valence-corrected chi connectivity index (χ1v) is 9.29. The number of anilines is 1. The molecule has 1 aliphatic rings. The number of hydrogen-bond acceptors (Lipinski definition) is 4. The quantitative estimate of drug-likeness (QED) is 0.664. The van der Waals surface area contributed by atoms with Gasteiger partial charge < -0.3 is 11.1 Å². The van der Waals surface area contributed by atoms with E-state index in [1.54, 1.807) is 0 Å². The number of hydrogen-bond donors (Lipinski definition) is 2. The molecule has 0 bridgehead atoms. The topological polar surface area (TPSA) is 63.8 Å². The average molecular weight is 365 g/mol. The van der Waals surface area contributed by atoms with Gasteiger partial charge in [0.15, 0.2) is 0 Å². The van der Waals surface area contributed by atoms with Crippen LogP contribution in [0.25, 0.3) is 11.3 Å². The van der Waals surface area contributed by atoms with E-state index >= 15 is 0 Å². The largest absolute Gasteiger partial charge is 0.354 e. The highest BCUT2D eigenvalue weighted by atomic mass is 35.5. The minimum atomic E-state index is 0.215. The molecule has 4 nitrogen and oxygen atoms in total. The van der Waals surface area contributed by atoms with Crippen LogP contribution in [-0.4, -0.2) is 23.1 Å². The molecular weight excluding hydrogens is 344 g/mol. The maximum absolute atomic E-state index is 6.50. The van der Waals surface area contributed by atoms with E-state index in [9.17, 15) is 0 Å². The van der Waals surface area contributed by atoms with Crippen molar-refractivity contribution in [2.45, 2.75) is 18.8 Å². The summed E-state index contributed by atoms with van der Waals surface area (Å²) in [6.45, 7) is 1.43. The summed E-state index contributed by atoms with van der Waals surface area (Å²) in [4.78, 5) is 9.27. The second kappa shape index (κ2) is 7.44. The number of aromatic nitrogens is 2. The second-order valence-corrected chi connectivity index (χ2v) is 6.91. The Balaban J connectivity index is 1.75. The minimum absolute atomic E-state index is 0.215. The van der Waals surface area contributed by atoms with Gasteiger partial charge in [-0.15, -0.1) is 0 Å². The number of benzene rings is 2. The fourth-order valence-corrected chi connectivity index (χ4v) is 3.83. The fraction of sp³-hybridized carbons (Fsp3) is 0.238. The van der Waals surface area contributed by atoms with Crippen LogP contribution >= 0.6 is 11.6 Å². The zero-order valence-corrected chi connectivity index (χ0v) is 15.2. The van der Waals surface area contributed by atoms with E-state index in [0.717, 1.165) is 46.8 Å². The normalized spacial score (nSPS) is 15.2. The van der Waals surface area contributed by atoms with Crippen LogP contribution in [0.3, 0.4) is 0 Å². The zero-order valence-electron chi connectivity index (χ0n) is 14.5. The van der Waals surface area contributed by atoms with Gasteiger partial charge in [-0.3, -0.25) is 0 Å². The number of nitrogens with two attached hydrogens (primary N) is 1. The zero-order chi connectivity index (χ0) is 17.9. The monoisotopic (exact) mass is 364 g/mol. The smallest absolute Gasteiger partial charge is 0.223 e. The Hall–Kier alpha value is -2.43. The molecule has 3 aromatic rings. The molecule has 5 heteroatoms. The molecule has 1 heterocycles. The Morgan fingerprint density at radius 3 is 2.65 bits per heavy atom. The lowest BCUT2D eigenvalue weighted by Crippen LogP contribution is -2.16. The number of nitrogens with one attached hydrogen (secondary N) is 1. The highest BCUT2D eigenvalue weighted by molar-refractivity contribution is 6.31. The van der Waals surface area contributed by atoms with Crippen LogP contribution in [0.2, 0.25) is 5.02 Å². The molecule has 0 radical (unpaired) electrons. The summed E-state index contributed by atoms with van der Waals surface area (Å²) in [6.07, 6.45) is 3.68. The molecule has 0 aliphatic heterocycles. The van der Waals surface area contributed by atoms with Gasteiger partial charge in [0.1, 0.15) is 0 Å². The van der Waals surface area contributed by atoms with Gasteiger partial charge in [0.25, 0.3) is 0 Å². The Morgan fingerprint density at radius 1 is 1.08 bits per heavy atom. The third-order valence-electron chi connectivity index (χ3n) is 4.82. The van der Waals surface area contributed by atoms with Crippen LogP contribution in [0.5, 0.6) is 0 Å². The van der Waals surface area contributed by atoms with Gasteiger partial charge in [0, 0.05) is 29.2 Å². The Labute approximate surface area is 158 Å². The molecule has 0 amide bonds. The molecule has 26 heavy (non-hydrogen) atoms. The Bertz CT molecular complexity index is 925. The fourth-order valence-electron chi connectivity index (χ4n) is 3.56. The van der Waals surface area contributed by atoms with E-state index < -0.39 is 0 Å². The van der Waals surface area contributed by atoms with Gasteiger partial charge in [-0.2, -0.15) is 0 Å². The van der Waals surface area contributed by atoms with Crippen molar-refractivity contribution in [3.63, 3.8) is 0 Å².